The van der Waals surface area contributed by atoms with Gasteiger partial charge in [0.1, 0.15) is 0 Å². The lowest BCUT2D eigenvalue weighted by molar-refractivity contribution is -0.143. The predicted octanol–water partition coefficient (Wildman–Crippen LogP) is 5.34. The molecular weight excluding hydrogens is 386 g/mol. The zero-order chi connectivity index (χ0) is 20.5. The summed E-state index contributed by atoms with van der Waals surface area (Å²) in [6.07, 6.45) is -7.42. The lowest BCUT2D eigenvalue weighted by Crippen LogP contribution is -2.12. The van der Waals surface area contributed by atoms with E-state index in [2.05, 4.69) is 10.6 Å². The van der Waals surface area contributed by atoms with E-state index in [1.807, 2.05) is 0 Å². The van der Waals surface area contributed by atoms with Gasteiger partial charge in [-0.05, 0) is 54.0 Å². The van der Waals surface area contributed by atoms with Crippen LogP contribution in [0.2, 0.25) is 0 Å². The Morgan fingerprint density at radius 2 is 1.75 bits per heavy atom. The van der Waals surface area contributed by atoms with E-state index in [4.69, 9.17) is 0 Å². The van der Waals surface area contributed by atoms with Gasteiger partial charge in [0.15, 0.2) is 0 Å². The van der Waals surface area contributed by atoms with Crippen molar-refractivity contribution in [2.45, 2.75) is 18.8 Å². The summed E-state index contributed by atoms with van der Waals surface area (Å²) in [6, 6.07) is 6.43. The standard InChI is InChI=1S/C19H14F6N2O/c20-18(21,22)13-3-1-11(15(10-13)19(23,24)25)2-6-17(28)27-14-4-5-16-12(9-14)7-8-26-16/h1-6,9-10,26H,7-8H2,(H,27,28)/b6-2+. The Kier molecular flexibility index (Phi) is 5.10. The van der Waals surface area contributed by atoms with Gasteiger partial charge in [0.2, 0.25) is 5.91 Å². The number of halogens is 6. The molecule has 0 saturated heterocycles. The van der Waals surface area contributed by atoms with Gasteiger partial charge >= 0.3 is 12.4 Å². The first-order valence-electron chi connectivity index (χ1n) is 8.18. The summed E-state index contributed by atoms with van der Waals surface area (Å²) in [4.78, 5) is 12.0. The van der Waals surface area contributed by atoms with Crippen LogP contribution in [0.4, 0.5) is 37.7 Å². The van der Waals surface area contributed by atoms with Crippen LogP contribution in [0.3, 0.4) is 0 Å². The Bertz CT molecular complexity index is 931. The maximum absolute atomic E-state index is 13.1. The van der Waals surface area contributed by atoms with Gasteiger partial charge in [-0.25, -0.2) is 0 Å². The molecule has 3 nitrogen and oxygen atoms in total. The maximum atomic E-state index is 13.1. The highest BCUT2D eigenvalue weighted by molar-refractivity contribution is 6.02. The van der Waals surface area contributed by atoms with Gasteiger partial charge < -0.3 is 10.6 Å². The minimum Gasteiger partial charge on any atom is -0.384 e. The normalized spacial score (nSPS) is 14.1. The first-order chi connectivity index (χ1) is 13.0. The van der Waals surface area contributed by atoms with E-state index in [9.17, 15) is 31.1 Å². The molecule has 2 aromatic rings. The zero-order valence-electron chi connectivity index (χ0n) is 14.2. The predicted molar refractivity (Wildman–Crippen MR) is 92.7 cm³/mol. The van der Waals surface area contributed by atoms with Crippen LogP contribution in [0.15, 0.2) is 42.5 Å². The second kappa shape index (κ2) is 7.21. The van der Waals surface area contributed by atoms with Crippen LogP contribution in [-0.2, 0) is 23.6 Å². The number of alkyl halides is 6. The average molecular weight is 400 g/mol. The summed E-state index contributed by atoms with van der Waals surface area (Å²) < 4.78 is 77.4. The van der Waals surface area contributed by atoms with Crippen LogP contribution in [0.25, 0.3) is 6.08 Å². The minimum absolute atomic E-state index is 0.0328. The topological polar surface area (TPSA) is 41.1 Å². The highest BCUT2D eigenvalue weighted by atomic mass is 19.4. The van der Waals surface area contributed by atoms with Gasteiger partial charge in [-0.3, -0.25) is 4.79 Å². The lowest BCUT2D eigenvalue weighted by Gasteiger charge is -2.14. The largest absolute Gasteiger partial charge is 0.417 e. The molecule has 0 unspecified atom stereocenters. The molecular formula is C19H14F6N2O. The van der Waals surface area contributed by atoms with Crippen molar-refractivity contribution in [3.8, 4) is 0 Å². The van der Waals surface area contributed by atoms with E-state index in [1.165, 1.54) is 0 Å². The highest BCUT2D eigenvalue weighted by Gasteiger charge is 2.37. The Labute approximate surface area is 156 Å². The molecule has 0 bridgehead atoms. The first-order valence-corrected chi connectivity index (χ1v) is 8.18. The van der Waals surface area contributed by atoms with Crippen molar-refractivity contribution in [2.24, 2.45) is 0 Å². The van der Waals surface area contributed by atoms with Crippen LogP contribution < -0.4 is 10.6 Å². The van der Waals surface area contributed by atoms with Crippen LogP contribution in [0, 0.1) is 0 Å². The fourth-order valence-corrected chi connectivity index (χ4v) is 2.86. The van der Waals surface area contributed by atoms with E-state index in [-0.39, 0.29) is 6.07 Å². The molecule has 0 saturated carbocycles. The number of anilines is 2. The van der Waals surface area contributed by atoms with Gasteiger partial charge in [-0.15, -0.1) is 0 Å². The maximum Gasteiger partial charge on any atom is 0.417 e. The molecule has 1 heterocycles. The quantitative estimate of drug-likeness (QED) is 0.539. The summed E-state index contributed by atoms with van der Waals surface area (Å²) in [5, 5.41) is 5.67. The molecule has 0 atom stereocenters. The lowest BCUT2D eigenvalue weighted by atomic mass is 10.0. The van der Waals surface area contributed by atoms with Gasteiger partial charge in [0.05, 0.1) is 11.1 Å². The van der Waals surface area contributed by atoms with Crippen molar-refractivity contribution in [3.05, 3.63) is 64.7 Å². The molecule has 0 fully saturated rings. The number of rotatable bonds is 3. The summed E-state index contributed by atoms with van der Waals surface area (Å²) in [7, 11) is 0. The third kappa shape index (κ3) is 4.47. The molecule has 9 heteroatoms. The van der Waals surface area contributed by atoms with E-state index >= 15 is 0 Å². The van der Waals surface area contributed by atoms with E-state index in [0.29, 0.717) is 17.8 Å². The van der Waals surface area contributed by atoms with Gasteiger partial charge in [-0.2, -0.15) is 26.3 Å². The number of amides is 1. The van der Waals surface area contributed by atoms with Crippen molar-refractivity contribution >= 4 is 23.4 Å². The molecule has 2 aromatic carbocycles. The highest BCUT2D eigenvalue weighted by Crippen LogP contribution is 2.37. The Morgan fingerprint density at radius 3 is 2.43 bits per heavy atom. The Balaban J connectivity index is 1.80. The fourth-order valence-electron chi connectivity index (χ4n) is 2.86. The molecule has 3 rings (SSSR count). The van der Waals surface area contributed by atoms with Crippen molar-refractivity contribution in [3.63, 3.8) is 0 Å². The van der Waals surface area contributed by atoms with Crippen LogP contribution in [-0.4, -0.2) is 12.5 Å². The number of hydrogen-bond donors (Lipinski definition) is 2. The number of hydrogen-bond acceptors (Lipinski definition) is 2. The molecule has 1 aliphatic heterocycles. The molecule has 0 spiro atoms. The summed E-state index contributed by atoms with van der Waals surface area (Å²) >= 11 is 0. The SMILES string of the molecule is O=C(/C=C/c1ccc(C(F)(F)F)cc1C(F)(F)F)Nc1ccc2c(c1)CCN2. The van der Waals surface area contributed by atoms with E-state index < -0.39 is 35.0 Å². The average Bonchev–Trinajstić information content (AvgIpc) is 3.06. The fraction of sp³-hybridized carbons (Fsp3) is 0.211. The van der Waals surface area contributed by atoms with Gasteiger partial charge in [0, 0.05) is 24.0 Å². The summed E-state index contributed by atoms with van der Waals surface area (Å²) in [5.74, 6) is -0.695. The Hall–Kier alpha value is -2.97. The number of carbonyl (C=O) groups excluding carboxylic acids is 1. The molecule has 1 aliphatic rings. The second-order valence-corrected chi connectivity index (χ2v) is 6.17. The third-order valence-corrected chi connectivity index (χ3v) is 4.18. The van der Waals surface area contributed by atoms with Gasteiger partial charge in [0.25, 0.3) is 0 Å². The van der Waals surface area contributed by atoms with Crippen molar-refractivity contribution in [2.75, 3.05) is 17.2 Å². The van der Waals surface area contributed by atoms with Crippen LogP contribution >= 0.6 is 0 Å². The summed E-state index contributed by atoms with van der Waals surface area (Å²) in [6.45, 7) is 0.779. The zero-order valence-corrected chi connectivity index (χ0v) is 14.2. The monoisotopic (exact) mass is 400 g/mol. The van der Waals surface area contributed by atoms with Crippen LogP contribution in [0.1, 0.15) is 22.3 Å². The molecule has 0 aliphatic carbocycles. The Morgan fingerprint density at radius 1 is 1.00 bits per heavy atom. The van der Waals surface area contributed by atoms with Crippen LogP contribution in [0.5, 0.6) is 0 Å². The number of nitrogens with one attached hydrogen (secondary N) is 2. The number of fused-ring (bicyclic) bond motifs is 1. The van der Waals surface area contributed by atoms with Gasteiger partial charge in [-0.1, -0.05) is 6.07 Å². The number of carbonyl (C=O) groups is 1. The molecule has 0 radical (unpaired) electrons. The molecule has 0 aromatic heterocycles. The van der Waals surface area contributed by atoms with Crippen molar-refractivity contribution in [1.29, 1.82) is 0 Å². The van der Waals surface area contributed by atoms with E-state index in [0.717, 1.165) is 36.4 Å². The first kappa shape index (κ1) is 19.8. The molecule has 2 N–H and O–H groups in total. The second-order valence-electron chi connectivity index (χ2n) is 6.17. The van der Waals surface area contributed by atoms with Crippen molar-refractivity contribution in [1.82, 2.24) is 0 Å². The molecule has 148 valence electrons. The number of benzene rings is 2. The smallest absolute Gasteiger partial charge is 0.384 e. The molecule has 1 amide bonds. The minimum atomic E-state index is -5.00. The summed E-state index contributed by atoms with van der Waals surface area (Å²) in [5.41, 5.74) is -0.977. The van der Waals surface area contributed by atoms with Crippen molar-refractivity contribution < 1.29 is 31.1 Å². The molecule has 28 heavy (non-hydrogen) atoms. The third-order valence-electron chi connectivity index (χ3n) is 4.18. The van der Waals surface area contributed by atoms with E-state index in [1.54, 1.807) is 18.2 Å².